The highest BCUT2D eigenvalue weighted by molar-refractivity contribution is 7.19. The van der Waals surface area contributed by atoms with E-state index < -0.39 is 0 Å². The van der Waals surface area contributed by atoms with Crippen molar-refractivity contribution in [2.45, 2.75) is 0 Å². The zero-order chi connectivity index (χ0) is 25.1. The number of halogens is 1. The minimum atomic E-state index is -0.307. The molecule has 0 aliphatic carbocycles. The minimum Gasteiger partial charge on any atom is -0.382 e. The second-order valence-electron chi connectivity index (χ2n) is 7.52. The smallest absolute Gasteiger partial charge is 0.272 e. The average molecular weight is 517 g/mol. The number of amides is 2. The van der Waals surface area contributed by atoms with Crippen LogP contribution >= 0.6 is 22.9 Å². The van der Waals surface area contributed by atoms with Crippen molar-refractivity contribution in [3.05, 3.63) is 95.0 Å². The molecule has 5 rings (SSSR count). The third-order valence-corrected chi connectivity index (χ3v) is 6.21. The van der Waals surface area contributed by atoms with Crippen LogP contribution in [0.5, 0.6) is 0 Å². The third-order valence-electron chi connectivity index (χ3n) is 5.00. The lowest BCUT2D eigenvalue weighted by atomic mass is 10.1. The number of hydrogen-bond donors (Lipinski definition) is 3. The molecule has 0 saturated heterocycles. The molecule has 2 heterocycles. The van der Waals surface area contributed by atoms with Crippen LogP contribution < -0.4 is 16.4 Å². The van der Waals surface area contributed by atoms with Gasteiger partial charge < -0.3 is 15.6 Å². The van der Waals surface area contributed by atoms with Gasteiger partial charge in [0, 0.05) is 27.4 Å². The third kappa shape index (κ3) is 5.09. The van der Waals surface area contributed by atoms with E-state index in [1.807, 2.05) is 6.07 Å². The zero-order valence-electron chi connectivity index (χ0n) is 18.4. The van der Waals surface area contributed by atoms with Crippen LogP contribution in [-0.4, -0.2) is 26.9 Å². The summed E-state index contributed by atoms with van der Waals surface area (Å²) in [6.07, 6.45) is 0. The maximum absolute atomic E-state index is 12.5. The number of nitrogens with zero attached hydrogens (tertiary/aromatic N) is 3. The van der Waals surface area contributed by atoms with E-state index >= 15 is 0 Å². The van der Waals surface area contributed by atoms with Crippen LogP contribution in [0.15, 0.2) is 83.4 Å². The normalized spacial score (nSPS) is 10.7. The predicted molar refractivity (Wildman–Crippen MR) is 139 cm³/mol. The Bertz CT molecular complexity index is 1570. The van der Waals surface area contributed by atoms with Crippen molar-refractivity contribution in [1.82, 2.24) is 15.1 Å². The highest BCUT2D eigenvalue weighted by Crippen LogP contribution is 2.35. The van der Waals surface area contributed by atoms with Crippen LogP contribution in [0.25, 0.3) is 22.2 Å². The average Bonchev–Trinajstić information content (AvgIpc) is 3.51. The van der Waals surface area contributed by atoms with Crippen molar-refractivity contribution in [3.8, 4) is 22.2 Å². The number of nitrogen functional groups attached to an aromatic ring is 1. The zero-order valence-corrected chi connectivity index (χ0v) is 20.0. The second kappa shape index (κ2) is 9.98. The van der Waals surface area contributed by atoms with Crippen LogP contribution in [0.2, 0.25) is 5.02 Å². The molecule has 0 aliphatic rings. The molecule has 3 aromatic carbocycles. The fraction of sp³-hybridized carbons (Fsp3) is 0. The number of carbonyl (C=O) groups excluding carboxylic acids is 2. The van der Waals surface area contributed by atoms with E-state index in [9.17, 15) is 9.59 Å². The molecular formula is C25H17ClN6O3S. The van der Waals surface area contributed by atoms with Gasteiger partial charge in [0.2, 0.25) is 5.82 Å². The molecule has 0 fully saturated rings. The molecule has 0 spiro atoms. The molecular weight excluding hydrogens is 500 g/mol. The monoisotopic (exact) mass is 516 g/mol. The molecule has 5 aromatic rings. The van der Waals surface area contributed by atoms with Gasteiger partial charge in [-0.15, -0.1) is 0 Å². The van der Waals surface area contributed by atoms with Gasteiger partial charge in [0.25, 0.3) is 17.7 Å². The number of anilines is 3. The van der Waals surface area contributed by atoms with Crippen molar-refractivity contribution < 1.29 is 14.1 Å². The molecule has 36 heavy (non-hydrogen) atoms. The van der Waals surface area contributed by atoms with Gasteiger partial charge in [0.05, 0.1) is 0 Å². The highest BCUT2D eigenvalue weighted by Gasteiger charge is 2.19. The van der Waals surface area contributed by atoms with E-state index in [1.54, 1.807) is 72.8 Å². The van der Waals surface area contributed by atoms with Crippen molar-refractivity contribution >= 4 is 51.4 Å². The lowest BCUT2D eigenvalue weighted by Crippen LogP contribution is -2.11. The van der Waals surface area contributed by atoms with Gasteiger partial charge in [-0.1, -0.05) is 64.5 Å². The summed E-state index contributed by atoms with van der Waals surface area (Å²) in [7, 11) is 0. The molecule has 9 nitrogen and oxygen atoms in total. The standard InChI is InChI=1S/C25H17ClN6O3S/c26-17-10-4-9-16(12-17)23(34)28-18-11-5-8-15(13-18)21-30-24(35-32-21)19-20(27)29-25(36-19)31-22(33)14-6-2-1-3-7-14/h1-13H,27H2,(H,28,34)(H,29,31,33). The Labute approximate surface area is 214 Å². The Balaban J connectivity index is 1.33. The van der Waals surface area contributed by atoms with Crippen LogP contribution in [0, 0.1) is 0 Å². The quantitative estimate of drug-likeness (QED) is 0.267. The lowest BCUT2D eigenvalue weighted by Gasteiger charge is -2.06. The maximum atomic E-state index is 12.5. The minimum absolute atomic E-state index is 0.154. The molecule has 0 aliphatic heterocycles. The Morgan fingerprint density at radius 3 is 2.42 bits per heavy atom. The molecule has 0 saturated carbocycles. The number of carbonyl (C=O) groups is 2. The van der Waals surface area contributed by atoms with Crippen LogP contribution in [0.3, 0.4) is 0 Å². The molecule has 11 heteroatoms. The summed E-state index contributed by atoms with van der Waals surface area (Å²) in [6.45, 7) is 0. The van der Waals surface area contributed by atoms with Gasteiger partial charge in [0.1, 0.15) is 10.7 Å². The summed E-state index contributed by atoms with van der Waals surface area (Å²) in [4.78, 5) is 34.0. The Hall–Kier alpha value is -4.54. The number of benzene rings is 3. The maximum Gasteiger partial charge on any atom is 0.272 e. The van der Waals surface area contributed by atoms with Crippen molar-refractivity contribution in [2.24, 2.45) is 0 Å². The van der Waals surface area contributed by atoms with E-state index in [0.717, 1.165) is 11.3 Å². The summed E-state index contributed by atoms with van der Waals surface area (Å²) in [6, 6.07) is 22.4. The van der Waals surface area contributed by atoms with Gasteiger partial charge in [-0.25, -0.2) is 4.98 Å². The number of rotatable bonds is 6. The molecule has 2 amide bonds. The first-order chi connectivity index (χ1) is 17.5. The van der Waals surface area contributed by atoms with E-state index in [1.165, 1.54) is 0 Å². The summed E-state index contributed by atoms with van der Waals surface area (Å²) in [5, 5.41) is 10.4. The fourth-order valence-corrected chi connectivity index (χ4v) is 4.29. The highest BCUT2D eigenvalue weighted by atomic mass is 35.5. The molecule has 0 unspecified atom stereocenters. The molecule has 178 valence electrons. The largest absolute Gasteiger partial charge is 0.382 e. The van der Waals surface area contributed by atoms with Crippen LogP contribution in [-0.2, 0) is 0 Å². The van der Waals surface area contributed by atoms with E-state index in [2.05, 4.69) is 25.8 Å². The number of thiazole rings is 1. The molecule has 4 N–H and O–H groups in total. The predicted octanol–water partition coefficient (Wildman–Crippen LogP) is 5.60. The van der Waals surface area contributed by atoms with Gasteiger partial charge in [0.15, 0.2) is 5.13 Å². The first-order valence-corrected chi connectivity index (χ1v) is 11.8. The van der Waals surface area contributed by atoms with Crippen molar-refractivity contribution in [3.63, 3.8) is 0 Å². The molecule has 0 bridgehead atoms. The van der Waals surface area contributed by atoms with Crippen molar-refractivity contribution in [1.29, 1.82) is 0 Å². The summed E-state index contributed by atoms with van der Waals surface area (Å²) >= 11 is 7.10. The van der Waals surface area contributed by atoms with E-state index in [-0.39, 0.29) is 23.5 Å². The summed E-state index contributed by atoms with van der Waals surface area (Å²) in [5.74, 6) is 0.00548. The van der Waals surface area contributed by atoms with Gasteiger partial charge in [-0.3, -0.25) is 14.9 Å². The molecule has 0 radical (unpaired) electrons. The number of nitrogens with one attached hydrogen (secondary N) is 2. The Kier molecular flexibility index (Phi) is 6.44. The SMILES string of the molecule is Nc1nc(NC(=O)c2ccccc2)sc1-c1nc(-c2cccc(NC(=O)c3cccc(Cl)c3)c2)no1. The van der Waals surface area contributed by atoms with Crippen molar-refractivity contribution in [2.75, 3.05) is 16.4 Å². The molecule has 0 atom stereocenters. The lowest BCUT2D eigenvalue weighted by molar-refractivity contribution is 0.101. The topological polar surface area (TPSA) is 136 Å². The summed E-state index contributed by atoms with van der Waals surface area (Å²) in [5.41, 5.74) is 8.14. The second-order valence-corrected chi connectivity index (χ2v) is 8.96. The molecule has 2 aromatic heterocycles. The Morgan fingerprint density at radius 1 is 0.861 bits per heavy atom. The van der Waals surface area contributed by atoms with Crippen LogP contribution in [0.4, 0.5) is 16.6 Å². The first kappa shape index (κ1) is 23.2. The first-order valence-electron chi connectivity index (χ1n) is 10.6. The number of hydrogen-bond acceptors (Lipinski definition) is 8. The van der Waals surface area contributed by atoms with Gasteiger partial charge >= 0.3 is 0 Å². The van der Waals surface area contributed by atoms with Crippen LogP contribution in [0.1, 0.15) is 20.7 Å². The van der Waals surface area contributed by atoms with E-state index in [4.69, 9.17) is 21.9 Å². The van der Waals surface area contributed by atoms with Gasteiger partial charge in [-0.05, 0) is 42.5 Å². The van der Waals surface area contributed by atoms with Gasteiger partial charge in [-0.2, -0.15) is 4.98 Å². The van der Waals surface area contributed by atoms with E-state index in [0.29, 0.717) is 43.2 Å². The fourth-order valence-electron chi connectivity index (χ4n) is 3.30. The number of aromatic nitrogens is 3. The number of nitrogens with two attached hydrogens (primary N) is 1. The summed E-state index contributed by atoms with van der Waals surface area (Å²) < 4.78 is 5.41. The Morgan fingerprint density at radius 2 is 1.61 bits per heavy atom.